The van der Waals surface area contributed by atoms with E-state index in [4.69, 9.17) is 0 Å². The van der Waals surface area contributed by atoms with Gasteiger partial charge in [-0.15, -0.1) is 0 Å². The summed E-state index contributed by atoms with van der Waals surface area (Å²) in [5.74, 6) is -0.989. The van der Waals surface area contributed by atoms with E-state index >= 15 is 0 Å². The molecule has 0 unspecified atom stereocenters. The van der Waals surface area contributed by atoms with Crippen LogP contribution in [-0.2, 0) is 0 Å². The maximum absolute atomic E-state index is 14.1. The van der Waals surface area contributed by atoms with E-state index in [0.29, 0.717) is 22.8 Å². The summed E-state index contributed by atoms with van der Waals surface area (Å²) in [5.41, 5.74) is -0.0926. The Morgan fingerprint density at radius 3 is 2.61 bits per heavy atom. The van der Waals surface area contributed by atoms with E-state index < -0.39 is 16.6 Å². The Balaban J connectivity index is 2.02. The summed E-state index contributed by atoms with van der Waals surface area (Å²) in [7, 11) is 3.84. The topological polar surface area (TPSA) is 79.6 Å². The normalized spacial score (nSPS) is 11.1. The molecule has 9 heteroatoms. The van der Waals surface area contributed by atoms with Crippen molar-refractivity contribution in [1.29, 1.82) is 0 Å². The number of nitrogens with zero attached hydrogens (tertiary/aromatic N) is 4. The standard InChI is InChI=1S/C19H19FN4O3S/c1-22(2)11-6-12-23(18(25)13-7-3-4-9-15(13)24(26)27)19-21-17-14(20)8-5-10-16(17)28-19/h3-5,7-10H,6,11-12H2,1-2H3. The van der Waals surface area contributed by atoms with Crippen molar-refractivity contribution in [3.8, 4) is 0 Å². The number of fused-ring (bicyclic) bond motifs is 1. The van der Waals surface area contributed by atoms with Crippen molar-refractivity contribution in [2.75, 3.05) is 32.1 Å². The van der Waals surface area contributed by atoms with E-state index in [1.807, 2.05) is 19.0 Å². The Labute approximate surface area is 165 Å². The maximum Gasteiger partial charge on any atom is 0.282 e. The van der Waals surface area contributed by atoms with Gasteiger partial charge in [0.15, 0.2) is 5.13 Å². The molecular weight excluding hydrogens is 383 g/mol. The smallest absolute Gasteiger partial charge is 0.282 e. The fraction of sp³-hybridized carbons (Fsp3) is 0.263. The van der Waals surface area contributed by atoms with Crippen LogP contribution in [0.3, 0.4) is 0 Å². The fourth-order valence-corrected chi connectivity index (χ4v) is 3.81. The van der Waals surface area contributed by atoms with Crippen molar-refractivity contribution < 1.29 is 14.1 Å². The molecule has 146 valence electrons. The zero-order chi connectivity index (χ0) is 20.3. The molecule has 28 heavy (non-hydrogen) atoms. The number of nitro groups is 1. The highest BCUT2D eigenvalue weighted by molar-refractivity contribution is 7.22. The van der Waals surface area contributed by atoms with Gasteiger partial charge in [0.2, 0.25) is 0 Å². The molecule has 0 aliphatic heterocycles. The molecule has 3 rings (SSSR count). The largest absolute Gasteiger partial charge is 0.309 e. The highest BCUT2D eigenvalue weighted by Crippen LogP contribution is 2.32. The summed E-state index contributed by atoms with van der Waals surface area (Å²) in [6.07, 6.45) is 0.637. The summed E-state index contributed by atoms with van der Waals surface area (Å²) in [4.78, 5) is 31.6. The molecule has 0 fully saturated rings. The molecule has 0 saturated heterocycles. The number of para-hydroxylation sites is 2. The zero-order valence-electron chi connectivity index (χ0n) is 15.5. The van der Waals surface area contributed by atoms with Gasteiger partial charge in [-0.05, 0) is 45.3 Å². The Hall–Kier alpha value is -2.91. The number of carbonyl (C=O) groups is 1. The van der Waals surface area contributed by atoms with Gasteiger partial charge in [-0.1, -0.05) is 29.5 Å². The number of hydrogen-bond acceptors (Lipinski definition) is 6. The number of rotatable bonds is 7. The lowest BCUT2D eigenvalue weighted by molar-refractivity contribution is -0.385. The molecule has 1 aromatic heterocycles. The van der Waals surface area contributed by atoms with Crippen LogP contribution in [0.4, 0.5) is 15.2 Å². The highest BCUT2D eigenvalue weighted by Gasteiger charge is 2.27. The molecule has 1 heterocycles. The number of hydrogen-bond donors (Lipinski definition) is 0. The maximum atomic E-state index is 14.1. The molecule has 0 saturated carbocycles. The molecule has 0 radical (unpaired) electrons. The van der Waals surface area contributed by atoms with E-state index in [9.17, 15) is 19.3 Å². The van der Waals surface area contributed by atoms with Gasteiger partial charge in [0.05, 0.1) is 9.62 Å². The number of benzene rings is 2. The van der Waals surface area contributed by atoms with Gasteiger partial charge < -0.3 is 4.90 Å². The molecule has 0 atom stereocenters. The predicted octanol–water partition coefficient (Wildman–Crippen LogP) is 3.94. The Morgan fingerprint density at radius 2 is 1.93 bits per heavy atom. The average molecular weight is 402 g/mol. The number of amides is 1. The summed E-state index contributed by atoms with van der Waals surface area (Å²) < 4.78 is 14.7. The molecule has 3 aromatic rings. The van der Waals surface area contributed by atoms with Crippen molar-refractivity contribution in [3.05, 3.63) is 64.0 Å². The summed E-state index contributed by atoms with van der Waals surface area (Å²) in [5, 5.41) is 11.7. The van der Waals surface area contributed by atoms with Gasteiger partial charge in [-0.25, -0.2) is 9.37 Å². The number of aromatic nitrogens is 1. The first-order valence-corrected chi connectivity index (χ1v) is 9.45. The highest BCUT2D eigenvalue weighted by atomic mass is 32.1. The van der Waals surface area contributed by atoms with E-state index in [2.05, 4.69) is 4.98 Å². The van der Waals surface area contributed by atoms with Crippen molar-refractivity contribution in [2.24, 2.45) is 0 Å². The quantitative estimate of drug-likeness (QED) is 0.442. The van der Waals surface area contributed by atoms with Gasteiger partial charge in [0.1, 0.15) is 16.9 Å². The number of nitro benzene ring substituents is 1. The summed E-state index contributed by atoms with van der Waals surface area (Å²) in [6.45, 7) is 1.03. The predicted molar refractivity (Wildman–Crippen MR) is 108 cm³/mol. The molecule has 2 aromatic carbocycles. The minimum Gasteiger partial charge on any atom is -0.309 e. The van der Waals surface area contributed by atoms with Gasteiger partial charge >= 0.3 is 0 Å². The number of anilines is 1. The van der Waals surface area contributed by atoms with Gasteiger partial charge in [-0.2, -0.15) is 0 Å². The molecule has 0 spiro atoms. The number of carbonyl (C=O) groups excluding carboxylic acids is 1. The van der Waals surface area contributed by atoms with Crippen LogP contribution in [0.25, 0.3) is 10.2 Å². The molecule has 1 amide bonds. The first kappa shape index (κ1) is 19.8. The minimum absolute atomic E-state index is 0.0166. The Kier molecular flexibility index (Phi) is 5.96. The average Bonchev–Trinajstić information content (AvgIpc) is 3.10. The number of halogens is 1. The van der Waals surface area contributed by atoms with Crippen molar-refractivity contribution >= 4 is 38.3 Å². The van der Waals surface area contributed by atoms with E-state index in [0.717, 1.165) is 6.54 Å². The second-order valence-corrected chi connectivity index (χ2v) is 7.48. The van der Waals surface area contributed by atoms with Crippen LogP contribution in [0.15, 0.2) is 42.5 Å². The molecule has 0 N–H and O–H groups in total. The van der Waals surface area contributed by atoms with Crippen LogP contribution in [0.2, 0.25) is 0 Å². The first-order valence-electron chi connectivity index (χ1n) is 8.63. The Morgan fingerprint density at radius 1 is 1.18 bits per heavy atom. The fourth-order valence-electron chi connectivity index (χ4n) is 2.81. The van der Waals surface area contributed by atoms with Crippen LogP contribution in [0.1, 0.15) is 16.8 Å². The third-order valence-corrected chi connectivity index (χ3v) is 5.20. The third kappa shape index (κ3) is 4.15. The second-order valence-electron chi connectivity index (χ2n) is 6.47. The zero-order valence-corrected chi connectivity index (χ0v) is 16.3. The summed E-state index contributed by atoms with van der Waals surface area (Å²) >= 11 is 1.19. The van der Waals surface area contributed by atoms with E-state index in [1.165, 1.54) is 40.5 Å². The van der Waals surface area contributed by atoms with Crippen molar-refractivity contribution in [3.63, 3.8) is 0 Å². The van der Waals surface area contributed by atoms with Crippen LogP contribution in [-0.4, -0.2) is 47.9 Å². The second kappa shape index (κ2) is 8.41. The van der Waals surface area contributed by atoms with Crippen molar-refractivity contribution in [1.82, 2.24) is 9.88 Å². The van der Waals surface area contributed by atoms with E-state index in [-0.39, 0.29) is 16.8 Å². The van der Waals surface area contributed by atoms with Gasteiger partial charge in [-0.3, -0.25) is 19.8 Å². The molecule has 0 aliphatic rings. The number of thiazole rings is 1. The summed E-state index contributed by atoms with van der Waals surface area (Å²) in [6, 6.07) is 10.4. The lowest BCUT2D eigenvalue weighted by Crippen LogP contribution is -2.33. The van der Waals surface area contributed by atoms with E-state index in [1.54, 1.807) is 18.2 Å². The molecule has 7 nitrogen and oxygen atoms in total. The Bertz CT molecular complexity index is 1020. The first-order chi connectivity index (χ1) is 13.4. The molecule has 0 aliphatic carbocycles. The van der Waals surface area contributed by atoms with Gasteiger partial charge in [0.25, 0.3) is 11.6 Å². The monoisotopic (exact) mass is 402 g/mol. The van der Waals surface area contributed by atoms with Crippen LogP contribution >= 0.6 is 11.3 Å². The van der Waals surface area contributed by atoms with Crippen LogP contribution < -0.4 is 4.90 Å². The lowest BCUT2D eigenvalue weighted by atomic mass is 10.1. The van der Waals surface area contributed by atoms with Crippen LogP contribution in [0.5, 0.6) is 0 Å². The molecular formula is C19H19FN4O3S. The third-order valence-electron chi connectivity index (χ3n) is 4.15. The molecule has 0 bridgehead atoms. The van der Waals surface area contributed by atoms with Gasteiger partial charge in [0, 0.05) is 12.6 Å². The van der Waals surface area contributed by atoms with Crippen LogP contribution in [0, 0.1) is 15.9 Å². The lowest BCUT2D eigenvalue weighted by Gasteiger charge is -2.21. The SMILES string of the molecule is CN(C)CCCN(C(=O)c1ccccc1[N+](=O)[O-])c1nc2c(F)cccc2s1. The van der Waals surface area contributed by atoms with Crippen molar-refractivity contribution in [2.45, 2.75) is 6.42 Å². The minimum atomic E-state index is -0.580.